The molecule has 1 heterocycles. The zero-order chi connectivity index (χ0) is 13.1. The molecule has 0 aliphatic heterocycles. The molecule has 0 spiro atoms. The molecule has 0 fully saturated rings. The van der Waals surface area contributed by atoms with Gasteiger partial charge in [0.05, 0.1) is 12.3 Å². The van der Waals surface area contributed by atoms with Crippen molar-refractivity contribution in [3.8, 4) is 0 Å². The van der Waals surface area contributed by atoms with Crippen molar-refractivity contribution < 1.29 is 9.47 Å². The number of H-pyrrole nitrogens is 1. The van der Waals surface area contributed by atoms with Crippen LogP contribution in [-0.2, 0) is 16.1 Å². The smallest absolute Gasteiger partial charge is 0.251 e. The minimum Gasteiger partial charge on any atom is -0.378 e. The molecular formula is C12H20N2O3. The van der Waals surface area contributed by atoms with Crippen LogP contribution >= 0.6 is 0 Å². The summed E-state index contributed by atoms with van der Waals surface area (Å²) in [7, 11) is 3.18. The van der Waals surface area contributed by atoms with E-state index >= 15 is 0 Å². The Morgan fingerprint density at radius 3 is 2.53 bits per heavy atom. The Kier molecular flexibility index (Phi) is 4.42. The minimum atomic E-state index is -0.257. The molecule has 1 N–H and O–H groups in total. The van der Waals surface area contributed by atoms with Crippen molar-refractivity contribution in [2.45, 2.75) is 33.5 Å². The van der Waals surface area contributed by atoms with Gasteiger partial charge in [-0.25, -0.2) is 4.98 Å². The number of hydrogen-bond donors (Lipinski definition) is 1. The molecule has 17 heavy (non-hydrogen) atoms. The lowest BCUT2D eigenvalue weighted by atomic mass is 9.88. The second kappa shape index (κ2) is 5.42. The third-order valence-corrected chi connectivity index (χ3v) is 2.38. The number of rotatable bonds is 4. The van der Waals surface area contributed by atoms with Crippen LogP contribution in [0.1, 0.15) is 38.4 Å². The van der Waals surface area contributed by atoms with Crippen molar-refractivity contribution in [3.63, 3.8) is 0 Å². The molecule has 0 saturated heterocycles. The summed E-state index contributed by atoms with van der Waals surface area (Å²) in [5.41, 5.74) is 0.280. The normalized spacial score (nSPS) is 13.7. The van der Waals surface area contributed by atoms with E-state index in [2.05, 4.69) is 9.97 Å². The van der Waals surface area contributed by atoms with Crippen molar-refractivity contribution >= 4 is 0 Å². The zero-order valence-corrected chi connectivity index (χ0v) is 11.0. The Labute approximate surface area is 101 Å². The molecule has 5 heteroatoms. The predicted molar refractivity (Wildman–Crippen MR) is 64.8 cm³/mol. The quantitative estimate of drug-likeness (QED) is 0.869. The van der Waals surface area contributed by atoms with E-state index < -0.39 is 0 Å². The van der Waals surface area contributed by atoms with Gasteiger partial charge in [0.15, 0.2) is 0 Å². The molecule has 1 rings (SSSR count). The third-order valence-electron chi connectivity index (χ3n) is 2.38. The van der Waals surface area contributed by atoms with Crippen molar-refractivity contribution in [3.05, 3.63) is 27.9 Å². The van der Waals surface area contributed by atoms with Crippen molar-refractivity contribution in [2.75, 3.05) is 14.2 Å². The lowest BCUT2D eigenvalue weighted by Crippen LogP contribution is -2.25. The fourth-order valence-corrected chi connectivity index (χ4v) is 1.75. The Morgan fingerprint density at radius 1 is 1.41 bits per heavy atom. The highest BCUT2D eigenvalue weighted by atomic mass is 16.5. The van der Waals surface area contributed by atoms with Gasteiger partial charge in [-0.2, -0.15) is 0 Å². The summed E-state index contributed by atoms with van der Waals surface area (Å²) in [5.74, 6) is 0.541. The van der Waals surface area contributed by atoms with Crippen molar-refractivity contribution in [2.24, 2.45) is 5.41 Å². The lowest BCUT2D eigenvalue weighted by molar-refractivity contribution is 0.00807. The van der Waals surface area contributed by atoms with Crippen LogP contribution in [0.5, 0.6) is 0 Å². The fourth-order valence-electron chi connectivity index (χ4n) is 1.75. The first-order valence-corrected chi connectivity index (χ1v) is 5.50. The van der Waals surface area contributed by atoms with E-state index in [1.165, 1.54) is 6.07 Å². The van der Waals surface area contributed by atoms with Crippen molar-refractivity contribution in [1.82, 2.24) is 9.97 Å². The summed E-state index contributed by atoms with van der Waals surface area (Å²) < 4.78 is 10.4. The van der Waals surface area contributed by atoms with Gasteiger partial charge in [0.2, 0.25) is 0 Å². The van der Waals surface area contributed by atoms with Gasteiger partial charge in [0, 0.05) is 20.3 Å². The van der Waals surface area contributed by atoms with Gasteiger partial charge in [0.25, 0.3) is 5.56 Å². The van der Waals surface area contributed by atoms with E-state index in [0.717, 1.165) is 0 Å². The number of aromatic amines is 1. The highest BCUT2D eigenvalue weighted by Gasteiger charge is 2.28. The molecule has 1 aromatic rings. The van der Waals surface area contributed by atoms with Crippen molar-refractivity contribution in [1.29, 1.82) is 0 Å². The molecule has 1 aromatic heterocycles. The summed E-state index contributed by atoms with van der Waals surface area (Å²) in [6, 6.07) is 1.43. The maximum Gasteiger partial charge on any atom is 0.251 e. The monoisotopic (exact) mass is 240 g/mol. The molecular weight excluding hydrogens is 220 g/mol. The van der Waals surface area contributed by atoms with Crippen LogP contribution in [0.3, 0.4) is 0 Å². The standard InChI is InChI=1S/C12H20N2O3/c1-12(2,3)10(17-5)11-13-8(7-16-4)6-9(15)14-11/h6,10H,7H2,1-5H3,(H,13,14,15). The summed E-state index contributed by atoms with van der Waals surface area (Å²) in [4.78, 5) is 18.6. The zero-order valence-electron chi connectivity index (χ0n) is 11.0. The van der Waals surface area contributed by atoms with E-state index in [4.69, 9.17) is 9.47 Å². The van der Waals surface area contributed by atoms with Gasteiger partial charge >= 0.3 is 0 Å². The maximum absolute atomic E-state index is 11.5. The van der Waals surface area contributed by atoms with E-state index in [1.54, 1.807) is 14.2 Å². The maximum atomic E-state index is 11.5. The third kappa shape index (κ3) is 3.64. The number of hydrogen-bond acceptors (Lipinski definition) is 4. The highest BCUT2D eigenvalue weighted by molar-refractivity contribution is 5.05. The minimum absolute atomic E-state index is 0.142. The second-order valence-electron chi connectivity index (χ2n) is 5.04. The van der Waals surface area contributed by atoms with Gasteiger partial charge in [0.1, 0.15) is 11.9 Å². The second-order valence-corrected chi connectivity index (χ2v) is 5.04. The first-order chi connectivity index (χ1) is 7.88. The van der Waals surface area contributed by atoms with Crippen LogP contribution < -0.4 is 5.56 Å². The Bertz CT molecular complexity index is 420. The highest BCUT2D eigenvalue weighted by Crippen LogP contribution is 2.33. The molecule has 0 aromatic carbocycles. The van der Waals surface area contributed by atoms with Gasteiger partial charge in [-0.1, -0.05) is 20.8 Å². The molecule has 5 nitrogen and oxygen atoms in total. The summed E-state index contributed by atoms with van der Waals surface area (Å²) in [6.07, 6.45) is -0.257. The topological polar surface area (TPSA) is 64.2 Å². The van der Waals surface area contributed by atoms with Crippen LogP contribution in [-0.4, -0.2) is 24.2 Å². The number of methoxy groups -OCH3 is 2. The fraction of sp³-hybridized carbons (Fsp3) is 0.667. The number of aromatic nitrogens is 2. The van der Waals surface area contributed by atoms with Gasteiger partial charge in [-0.05, 0) is 5.41 Å². The molecule has 96 valence electrons. The van der Waals surface area contributed by atoms with Gasteiger partial charge in [-0.3, -0.25) is 4.79 Å². The Morgan fingerprint density at radius 2 is 2.06 bits per heavy atom. The van der Waals surface area contributed by atoms with E-state index in [-0.39, 0.29) is 17.1 Å². The molecule has 1 atom stereocenters. The van der Waals surface area contributed by atoms with E-state index in [0.29, 0.717) is 18.1 Å². The van der Waals surface area contributed by atoms with Crippen LogP contribution in [0.4, 0.5) is 0 Å². The molecule has 0 radical (unpaired) electrons. The summed E-state index contributed by atoms with van der Waals surface area (Å²) in [5, 5.41) is 0. The van der Waals surface area contributed by atoms with E-state index in [9.17, 15) is 4.79 Å². The largest absolute Gasteiger partial charge is 0.378 e. The Balaban J connectivity index is 3.16. The number of nitrogens with one attached hydrogen (secondary N) is 1. The molecule has 0 saturated carbocycles. The number of nitrogens with zero attached hydrogens (tertiary/aromatic N) is 1. The predicted octanol–water partition coefficient (Wildman–Crippen LogP) is 1.65. The van der Waals surface area contributed by atoms with Crippen LogP contribution in [0.15, 0.2) is 10.9 Å². The molecule has 0 aliphatic carbocycles. The molecule has 0 bridgehead atoms. The van der Waals surface area contributed by atoms with E-state index in [1.807, 2.05) is 20.8 Å². The first-order valence-electron chi connectivity index (χ1n) is 5.50. The summed E-state index contributed by atoms with van der Waals surface area (Å²) in [6.45, 7) is 6.41. The average Bonchev–Trinajstić information content (AvgIpc) is 2.15. The van der Waals surface area contributed by atoms with Crippen LogP contribution in [0.2, 0.25) is 0 Å². The summed E-state index contributed by atoms with van der Waals surface area (Å²) >= 11 is 0. The van der Waals surface area contributed by atoms with Gasteiger partial charge in [-0.15, -0.1) is 0 Å². The number of ether oxygens (including phenoxy) is 2. The first kappa shape index (κ1) is 13.9. The molecule has 0 amide bonds. The average molecular weight is 240 g/mol. The van der Waals surface area contributed by atoms with Crippen LogP contribution in [0.25, 0.3) is 0 Å². The molecule has 0 aliphatic rings. The SMILES string of the molecule is COCc1cc(=O)[nH]c(C(OC)C(C)(C)C)n1. The molecule has 1 unspecified atom stereocenters. The van der Waals surface area contributed by atoms with Crippen LogP contribution in [0, 0.1) is 5.41 Å². The Hall–Kier alpha value is -1.20. The lowest BCUT2D eigenvalue weighted by Gasteiger charge is -2.28. The van der Waals surface area contributed by atoms with Gasteiger partial charge < -0.3 is 14.5 Å².